The number of imidazole rings is 2. The zero-order chi connectivity index (χ0) is 50.4. The standard InChI is InChI=1S/C21H24N2O.C14H18N2O.C7H14O2.C6H11ClO.C6H12O2/c1-16(2)17(3)20-15-22(19-12-8-5-9-13-19)21(24)23(20)14-18-10-6-4-7-11-18;1-10(2)11(3)13-9-16(14(17)15-13)12-7-5-4-6-8-12;1-5(2)6(3)7(9)4-8;2*1-4(2)5(3)6(7)8/h4-13,15-17H,14H2,1-3H3;4-11H,1-3H3,(H,15,17);5-6,8H,4H2,1-3H3;4-5H,1-3H3;4-5H,1-3H3,(H,7,8). The lowest BCUT2D eigenvalue weighted by atomic mass is 9.94. The molecule has 0 radical (unpaired) electrons. The number of rotatable bonds is 15. The zero-order valence-electron chi connectivity index (χ0n) is 42.2. The van der Waals surface area contributed by atoms with Crippen LogP contribution in [0.2, 0.25) is 0 Å². The number of carbonyl (C=O) groups is 3. The van der Waals surface area contributed by atoms with Gasteiger partial charge in [-0.05, 0) is 71.0 Å². The average Bonchev–Trinajstić information content (AvgIpc) is 3.84. The Labute approximate surface area is 399 Å². The van der Waals surface area contributed by atoms with Crippen molar-refractivity contribution in [3.63, 3.8) is 0 Å². The van der Waals surface area contributed by atoms with Crippen molar-refractivity contribution in [3.05, 3.63) is 141 Å². The molecular weight excluding hydrogens is 852 g/mol. The number of carboxylic acid groups (broad SMARTS) is 1. The molecule has 0 bridgehead atoms. The van der Waals surface area contributed by atoms with Gasteiger partial charge in [0.15, 0.2) is 5.78 Å². The molecule has 5 aromatic rings. The normalized spacial score (nSPS) is 13.2. The van der Waals surface area contributed by atoms with Crippen molar-refractivity contribution in [2.45, 2.75) is 122 Å². The lowest BCUT2D eigenvalue weighted by Gasteiger charge is -2.17. The van der Waals surface area contributed by atoms with Crippen LogP contribution in [0.4, 0.5) is 0 Å². The minimum Gasteiger partial charge on any atom is -0.481 e. The van der Waals surface area contributed by atoms with Crippen LogP contribution in [0.25, 0.3) is 11.4 Å². The number of hydrogen-bond acceptors (Lipinski definition) is 6. The zero-order valence-corrected chi connectivity index (χ0v) is 42.9. The van der Waals surface area contributed by atoms with Crippen molar-refractivity contribution in [1.82, 2.24) is 18.7 Å². The van der Waals surface area contributed by atoms with Gasteiger partial charge in [-0.2, -0.15) is 0 Å². The van der Waals surface area contributed by atoms with E-state index in [1.807, 2.05) is 151 Å². The number of carbonyl (C=O) groups excluding carboxylic acids is 2. The summed E-state index contributed by atoms with van der Waals surface area (Å²) >= 11 is 5.18. The molecule has 2 heterocycles. The van der Waals surface area contributed by atoms with E-state index >= 15 is 0 Å². The smallest absolute Gasteiger partial charge is 0.333 e. The number of nitrogens with zero attached hydrogens (tertiary/aromatic N) is 3. The van der Waals surface area contributed by atoms with E-state index in [1.54, 1.807) is 16.1 Å². The Balaban J connectivity index is 0.000000451. The third kappa shape index (κ3) is 19.3. The molecule has 0 aliphatic rings. The fourth-order valence-electron chi connectivity index (χ4n) is 5.75. The second kappa shape index (κ2) is 29.4. The first kappa shape index (κ1) is 58.8. The summed E-state index contributed by atoms with van der Waals surface area (Å²) in [5.74, 6) is 1.60. The summed E-state index contributed by atoms with van der Waals surface area (Å²) < 4.78 is 5.33. The molecule has 0 fully saturated rings. The number of H-pyrrole nitrogens is 1. The summed E-state index contributed by atoms with van der Waals surface area (Å²) in [6.45, 7) is 30.4. The van der Waals surface area contributed by atoms with Crippen molar-refractivity contribution in [3.8, 4) is 11.4 Å². The highest BCUT2D eigenvalue weighted by atomic mass is 35.5. The van der Waals surface area contributed by atoms with Gasteiger partial charge in [-0.15, -0.1) is 0 Å². The SMILES string of the molecule is CC(C)C(C)C(=O)CO.CC(C)C(C)C(=O)Cl.CC(C)C(C)C(=O)O.CC(C)C(C)c1cn(-c2ccccc2)c(=O)[nH]1.CC(C)C(C)c1cn(-c2ccccc2)c(=O)n1Cc1ccccc1. The van der Waals surface area contributed by atoms with Crippen LogP contribution in [-0.4, -0.2) is 52.5 Å². The number of benzene rings is 3. The predicted molar refractivity (Wildman–Crippen MR) is 271 cm³/mol. The van der Waals surface area contributed by atoms with Crippen molar-refractivity contribution < 1.29 is 24.6 Å². The van der Waals surface area contributed by atoms with Crippen LogP contribution in [0.3, 0.4) is 0 Å². The highest BCUT2D eigenvalue weighted by Gasteiger charge is 2.21. The molecular formula is C54H79ClN4O7. The number of hydrogen-bond donors (Lipinski definition) is 3. The van der Waals surface area contributed by atoms with E-state index < -0.39 is 5.97 Å². The second-order valence-electron chi connectivity index (χ2n) is 18.8. The molecule has 3 aromatic carbocycles. The number of aliphatic carboxylic acids is 1. The fraction of sp³-hybridized carbons (Fsp3) is 0.500. The van der Waals surface area contributed by atoms with Crippen molar-refractivity contribution in [2.75, 3.05) is 6.61 Å². The number of para-hydroxylation sites is 2. The van der Waals surface area contributed by atoms with Gasteiger partial charge in [0.05, 0.1) is 23.8 Å². The van der Waals surface area contributed by atoms with Gasteiger partial charge < -0.3 is 15.2 Å². The average molecular weight is 932 g/mol. The van der Waals surface area contributed by atoms with Gasteiger partial charge in [0.1, 0.15) is 6.61 Å². The number of nitrogens with one attached hydrogen (secondary N) is 1. The molecule has 0 aliphatic heterocycles. The molecule has 3 N–H and O–H groups in total. The van der Waals surface area contributed by atoms with Gasteiger partial charge in [-0.1, -0.05) is 171 Å². The van der Waals surface area contributed by atoms with Gasteiger partial charge in [0, 0.05) is 47.5 Å². The van der Waals surface area contributed by atoms with Crippen molar-refractivity contribution >= 4 is 28.6 Å². The van der Waals surface area contributed by atoms with Crippen molar-refractivity contribution in [2.24, 2.45) is 47.3 Å². The summed E-state index contributed by atoms with van der Waals surface area (Å²) in [5.41, 5.74) is 4.98. The lowest BCUT2D eigenvalue weighted by Crippen LogP contribution is -2.25. The van der Waals surface area contributed by atoms with Crippen LogP contribution in [0.5, 0.6) is 0 Å². The Morgan fingerprint density at radius 1 is 0.561 bits per heavy atom. The molecule has 0 saturated carbocycles. The Kier molecular flexibility index (Phi) is 26.2. The molecule has 11 nitrogen and oxygen atoms in total. The van der Waals surface area contributed by atoms with E-state index in [1.165, 1.54) is 0 Å². The Hall–Kier alpha value is -5.26. The highest BCUT2D eigenvalue weighted by Crippen LogP contribution is 2.25. The molecule has 12 heteroatoms. The molecule has 0 amide bonds. The fourth-order valence-corrected chi connectivity index (χ4v) is 6.00. The molecule has 5 rings (SSSR count). The van der Waals surface area contributed by atoms with Crippen LogP contribution in [0, 0.1) is 47.3 Å². The number of aliphatic hydroxyl groups is 1. The van der Waals surface area contributed by atoms with E-state index in [9.17, 15) is 24.0 Å². The Morgan fingerprint density at radius 3 is 1.32 bits per heavy atom. The van der Waals surface area contributed by atoms with Gasteiger partial charge in [0.2, 0.25) is 5.24 Å². The van der Waals surface area contributed by atoms with E-state index in [2.05, 4.69) is 58.7 Å². The summed E-state index contributed by atoms with van der Waals surface area (Å²) in [6, 6.07) is 29.6. The van der Waals surface area contributed by atoms with Crippen LogP contribution in [0.15, 0.2) is 113 Å². The lowest BCUT2D eigenvalue weighted by molar-refractivity contribution is -0.142. The number of aromatic amines is 1. The van der Waals surface area contributed by atoms with Gasteiger partial charge in [-0.25, -0.2) is 9.59 Å². The van der Waals surface area contributed by atoms with Crippen LogP contribution in [-0.2, 0) is 20.9 Å². The van der Waals surface area contributed by atoms with Crippen molar-refractivity contribution in [1.29, 1.82) is 0 Å². The maximum Gasteiger partial charge on any atom is 0.333 e. The van der Waals surface area contributed by atoms with Crippen LogP contribution < -0.4 is 11.4 Å². The summed E-state index contributed by atoms with van der Waals surface area (Å²) in [6.07, 6.45) is 3.91. The molecule has 0 saturated heterocycles. The second-order valence-corrected chi connectivity index (χ2v) is 19.1. The maximum atomic E-state index is 13.0. The quantitative estimate of drug-likeness (QED) is 0.0882. The predicted octanol–water partition coefficient (Wildman–Crippen LogP) is 11.6. The van der Waals surface area contributed by atoms with E-state index in [0.29, 0.717) is 42.1 Å². The number of Topliss-reactive ketones (excluding diaryl/α,β-unsaturated/α-hetero) is 1. The van der Waals surface area contributed by atoms with Gasteiger partial charge >= 0.3 is 17.3 Å². The Bertz CT molecular complexity index is 2250. The van der Waals surface area contributed by atoms with E-state index in [0.717, 1.165) is 28.3 Å². The number of carboxylic acids is 1. The monoisotopic (exact) mass is 931 g/mol. The maximum absolute atomic E-state index is 13.0. The third-order valence-corrected chi connectivity index (χ3v) is 12.7. The van der Waals surface area contributed by atoms with Crippen LogP contribution in [0.1, 0.15) is 133 Å². The topological polar surface area (TPSA) is 156 Å². The summed E-state index contributed by atoms with van der Waals surface area (Å²) in [4.78, 5) is 59.0. The largest absolute Gasteiger partial charge is 0.481 e. The third-order valence-electron chi connectivity index (χ3n) is 12.4. The molecule has 66 heavy (non-hydrogen) atoms. The molecule has 0 aliphatic carbocycles. The molecule has 2 aromatic heterocycles. The highest BCUT2D eigenvalue weighted by molar-refractivity contribution is 6.63. The van der Waals surface area contributed by atoms with Gasteiger partial charge in [0.25, 0.3) is 0 Å². The molecule has 5 unspecified atom stereocenters. The first-order chi connectivity index (χ1) is 30.9. The van der Waals surface area contributed by atoms with E-state index in [4.69, 9.17) is 21.8 Å². The summed E-state index contributed by atoms with van der Waals surface area (Å²) in [5, 5.41) is 16.5. The minimum absolute atomic E-state index is 0.00309. The first-order valence-corrected chi connectivity index (χ1v) is 23.6. The minimum atomic E-state index is -0.708. The number of aromatic nitrogens is 4. The van der Waals surface area contributed by atoms with Gasteiger partial charge in [-0.3, -0.25) is 28.1 Å². The number of halogens is 1. The van der Waals surface area contributed by atoms with E-state index in [-0.39, 0.29) is 52.7 Å². The molecule has 364 valence electrons. The number of ketones is 1. The number of aliphatic hydroxyl groups excluding tert-OH is 1. The Morgan fingerprint density at radius 2 is 0.985 bits per heavy atom. The molecule has 0 spiro atoms. The van der Waals surface area contributed by atoms with Crippen LogP contribution >= 0.6 is 11.6 Å². The summed E-state index contributed by atoms with van der Waals surface area (Å²) in [7, 11) is 0. The molecule has 5 atom stereocenters. The first-order valence-electron chi connectivity index (χ1n) is 23.2.